The van der Waals surface area contributed by atoms with Gasteiger partial charge in [0.05, 0.1) is 0 Å². The number of benzene rings is 2. The zero-order chi connectivity index (χ0) is 21.9. The van der Waals surface area contributed by atoms with E-state index >= 15 is 0 Å². The normalized spacial score (nSPS) is 10.8. The molecule has 30 heavy (non-hydrogen) atoms. The van der Waals surface area contributed by atoms with Gasteiger partial charge in [-0.05, 0) is 37.2 Å². The Morgan fingerprint density at radius 1 is 0.700 bits per heavy atom. The van der Waals surface area contributed by atoms with Crippen LogP contribution in [0.15, 0.2) is 60.7 Å². The zero-order valence-electron chi connectivity index (χ0n) is 18.2. The molecule has 0 aliphatic heterocycles. The van der Waals surface area contributed by atoms with Gasteiger partial charge in [0.2, 0.25) is 0 Å². The van der Waals surface area contributed by atoms with Gasteiger partial charge in [-0.3, -0.25) is 4.89 Å². The highest BCUT2D eigenvalue weighted by molar-refractivity contribution is 7.48. The first-order valence-electron chi connectivity index (χ1n) is 11.1. The molecule has 0 radical (unpaired) electrons. The number of phosphoric ester groups is 1. The molecule has 0 unspecified atom stereocenters. The van der Waals surface area contributed by atoms with Crippen LogP contribution in [0.5, 0.6) is 11.5 Å². The first kappa shape index (κ1) is 26.2. The molecule has 0 bridgehead atoms. The lowest BCUT2D eigenvalue weighted by Gasteiger charge is -2.13. The summed E-state index contributed by atoms with van der Waals surface area (Å²) in [7, 11) is -4.14. The molecule has 0 atom stereocenters. The quantitative estimate of drug-likeness (QED) is 0.244. The van der Waals surface area contributed by atoms with Crippen LogP contribution in [0.3, 0.4) is 0 Å². The molecule has 5 nitrogen and oxygen atoms in total. The van der Waals surface area contributed by atoms with Gasteiger partial charge in [-0.2, -0.15) is 0 Å². The summed E-state index contributed by atoms with van der Waals surface area (Å²) in [5.74, 6) is 0.573. The van der Waals surface area contributed by atoms with E-state index < -0.39 is 7.82 Å². The Bertz CT molecular complexity index is 627. The van der Waals surface area contributed by atoms with E-state index in [-0.39, 0.29) is 11.5 Å². The van der Waals surface area contributed by atoms with Crippen LogP contribution in [-0.4, -0.2) is 11.4 Å². The standard InChI is InChI=1S/C12H27N.C12H11O4P/c1-2-3-4-5-6-7-8-9-10-11-12-13;13-17(14,15-11-7-3-1-4-8-11)16-12-9-5-2-6-10-12/h2-13H2,1H3;1-10H,(H,13,14). The van der Waals surface area contributed by atoms with Gasteiger partial charge in [0.1, 0.15) is 11.5 Å². The van der Waals surface area contributed by atoms with E-state index in [0.29, 0.717) is 0 Å². The fourth-order valence-electron chi connectivity index (χ4n) is 2.88. The Hall–Kier alpha value is -1.81. The monoisotopic (exact) mass is 435 g/mol. The smallest absolute Gasteiger partial charge is 0.395 e. The largest absolute Gasteiger partial charge is 0.584 e. The molecule has 0 saturated heterocycles. The fraction of sp³-hybridized carbons (Fsp3) is 0.500. The number of rotatable bonds is 14. The van der Waals surface area contributed by atoms with Crippen LogP contribution in [0.1, 0.15) is 71.1 Å². The molecule has 0 saturated carbocycles. The predicted molar refractivity (Wildman–Crippen MR) is 125 cm³/mol. The molecule has 2 aromatic rings. The van der Waals surface area contributed by atoms with Gasteiger partial charge in [0, 0.05) is 0 Å². The van der Waals surface area contributed by atoms with E-state index in [9.17, 15) is 9.46 Å². The van der Waals surface area contributed by atoms with Crippen LogP contribution in [0.2, 0.25) is 0 Å². The molecule has 0 heterocycles. The molecule has 0 fully saturated rings. The first-order valence-corrected chi connectivity index (χ1v) is 12.6. The predicted octanol–water partition coefficient (Wildman–Crippen LogP) is 7.11. The van der Waals surface area contributed by atoms with Crippen molar-refractivity contribution in [3.05, 3.63) is 60.7 Å². The molecule has 0 aliphatic rings. The second kappa shape index (κ2) is 16.9. The minimum absolute atomic E-state index is 0.286. The molecule has 0 spiro atoms. The van der Waals surface area contributed by atoms with Crippen LogP contribution in [0.4, 0.5) is 0 Å². The highest BCUT2D eigenvalue weighted by Gasteiger charge is 2.24. The molecule has 0 aromatic heterocycles. The molecule has 0 aliphatic carbocycles. The van der Waals surface area contributed by atoms with Crippen LogP contribution in [-0.2, 0) is 4.57 Å². The molecular weight excluding hydrogens is 397 g/mol. The van der Waals surface area contributed by atoms with E-state index in [1.807, 2.05) is 0 Å². The average molecular weight is 436 g/mol. The van der Waals surface area contributed by atoms with E-state index in [1.165, 1.54) is 64.2 Å². The third-order valence-electron chi connectivity index (χ3n) is 4.49. The maximum Gasteiger partial charge on any atom is 0.584 e. The van der Waals surface area contributed by atoms with Crippen molar-refractivity contribution in [2.75, 3.05) is 6.54 Å². The SMILES string of the molecule is CCCCCCCCCCCCN.O=P(O)(Oc1ccccc1)Oc1ccccc1. The lowest BCUT2D eigenvalue weighted by molar-refractivity contribution is 0.291. The third kappa shape index (κ3) is 14.2. The van der Waals surface area contributed by atoms with Crippen molar-refractivity contribution in [2.45, 2.75) is 71.1 Å². The van der Waals surface area contributed by atoms with Crippen molar-refractivity contribution in [2.24, 2.45) is 5.73 Å². The van der Waals surface area contributed by atoms with E-state index in [2.05, 4.69) is 6.92 Å². The van der Waals surface area contributed by atoms with Crippen LogP contribution >= 0.6 is 7.82 Å². The number of hydrogen-bond donors (Lipinski definition) is 2. The van der Waals surface area contributed by atoms with Crippen LogP contribution in [0, 0.1) is 0 Å². The van der Waals surface area contributed by atoms with Crippen LogP contribution < -0.4 is 14.8 Å². The summed E-state index contributed by atoms with van der Waals surface area (Å²) in [4.78, 5) is 9.53. The summed E-state index contributed by atoms with van der Waals surface area (Å²) >= 11 is 0. The van der Waals surface area contributed by atoms with E-state index in [0.717, 1.165) is 6.54 Å². The van der Waals surface area contributed by atoms with Crippen molar-refractivity contribution < 1.29 is 18.5 Å². The van der Waals surface area contributed by atoms with Gasteiger partial charge in [0.15, 0.2) is 0 Å². The Morgan fingerprint density at radius 2 is 1.07 bits per heavy atom. The lowest BCUT2D eigenvalue weighted by atomic mass is 10.1. The summed E-state index contributed by atoms with van der Waals surface area (Å²) in [6.07, 6.45) is 13.9. The lowest BCUT2D eigenvalue weighted by Crippen LogP contribution is -1.99. The van der Waals surface area contributed by atoms with Gasteiger partial charge in [-0.1, -0.05) is 101 Å². The molecular formula is C24H38NO4P. The highest BCUT2D eigenvalue weighted by atomic mass is 31.2. The summed E-state index contributed by atoms with van der Waals surface area (Å²) in [5.41, 5.74) is 5.42. The molecule has 6 heteroatoms. The number of phosphoric acid groups is 1. The first-order chi connectivity index (χ1) is 14.6. The Labute approximate surface area is 182 Å². The minimum atomic E-state index is -4.14. The number of unbranched alkanes of at least 4 members (excludes halogenated alkanes) is 9. The number of para-hydroxylation sites is 2. The third-order valence-corrected chi connectivity index (χ3v) is 5.37. The second-order valence-electron chi connectivity index (χ2n) is 7.25. The minimum Gasteiger partial charge on any atom is -0.395 e. The maximum atomic E-state index is 11.7. The molecule has 3 N–H and O–H groups in total. The number of hydrogen-bond acceptors (Lipinski definition) is 4. The van der Waals surface area contributed by atoms with Crippen molar-refractivity contribution in [3.63, 3.8) is 0 Å². The summed E-state index contributed by atoms with van der Waals surface area (Å²) < 4.78 is 21.5. The zero-order valence-corrected chi connectivity index (χ0v) is 19.1. The summed E-state index contributed by atoms with van der Waals surface area (Å²) in [5, 5.41) is 0. The molecule has 168 valence electrons. The van der Waals surface area contributed by atoms with Crippen molar-refractivity contribution in [1.82, 2.24) is 0 Å². The van der Waals surface area contributed by atoms with E-state index in [1.54, 1.807) is 60.7 Å². The second-order valence-corrected chi connectivity index (χ2v) is 8.55. The fourth-order valence-corrected chi connectivity index (χ4v) is 3.69. The van der Waals surface area contributed by atoms with E-state index in [4.69, 9.17) is 14.8 Å². The summed E-state index contributed by atoms with van der Waals surface area (Å²) in [6, 6.07) is 16.7. The molecule has 2 aromatic carbocycles. The van der Waals surface area contributed by atoms with Crippen molar-refractivity contribution in [3.8, 4) is 11.5 Å². The van der Waals surface area contributed by atoms with Gasteiger partial charge in [0.25, 0.3) is 0 Å². The topological polar surface area (TPSA) is 81.8 Å². The maximum absolute atomic E-state index is 11.7. The van der Waals surface area contributed by atoms with Crippen molar-refractivity contribution >= 4 is 7.82 Å². The summed E-state index contributed by atoms with van der Waals surface area (Å²) in [6.45, 7) is 3.14. The van der Waals surface area contributed by atoms with Gasteiger partial charge >= 0.3 is 7.82 Å². The molecule has 2 rings (SSSR count). The van der Waals surface area contributed by atoms with Gasteiger partial charge < -0.3 is 14.8 Å². The van der Waals surface area contributed by atoms with Gasteiger partial charge in [-0.25, -0.2) is 4.57 Å². The Balaban J connectivity index is 0.000000314. The number of nitrogens with two attached hydrogens (primary N) is 1. The Morgan fingerprint density at radius 3 is 1.43 bits per heavy atom. The van der Waals surface area contributed by atoms with Crippen molar-refractivity contribution in [1.29, 1.82) is 0 Å². The Kier molecular flexibility index (Phi) is 14.8. The van der Waals surface area contributed by atoms with Gasteiger partial charge in [-0.15, -0.1) is 0 Å². The average Bonchev–Trinajstić information content (AvgIpc) is 2.74. The molecule has 0 amide bonds. The highest BCUT2D eigenvalue weighted by Crippen LogP contribution is 2.44. The van der Waals surface area contributed by atoms with Crippen LogP contribution in [0.25, 0.3) is 0 Å².